The molecule has 0 atom stereocenters. The van der Waals surface area contributed by atoms with Crippen LogP contribution in [0.5, 0.6) is 0 Å². The van der Waals surface area contributed by atoms with Crippen LogP contribution in [0, 0.1) is 0 Å². The molecule has 0 aromatic carbocycles. The van der Waals surface area contributed by atoms with E-state index in [0.717, 1.165) is 24.8 Å². The van der Waals surface area contributed by atoms with Gasteiger partial charge < -0.3 is 13.3 Å². The molecular weight excluding hydrogens is 300 g/mol. The van der Waals surface area contributed by atoms with E-state index >= 15 is 0 Å². The number of hydrogen-bond acceptors (Lipinski definition) is 5. The third kappa shape index (κ3) is 2.91. The lowest BCUT2D eigenvalue weighted by molar-refractivity contribution is -0.263. The molecule has 125 valence electrons. The van der Waals surface area contributed by atoms with Gasteiger partial charge in [0.2, 0.25) is 0 Å². The maximum absolute atomic E-state index is 12.5. The molecule has 3 saturated heterocycles. The molecule has 4 heterocycles. The van der Waals surface area contributed by atoms with Crippen molar-refractivity contribution >= 4 is 8.80 Å². The Kier molecular flexibility index (Phi) is 4.26. The maximum atomic E-state index is 12.5. The third-order valence-electron chi connectivity index (χ3n) is 4.72. The van der Waals surface area contributed by atoms with Crippen molar-refractivity contribution in [3.8, 4) is 0 Å². The highest BCUT2D eigenvalue weighted by molar-refractivity contribution is 6.69. The fraction of sp³-hybridized carbons (Fsp3) is 0.867. The van der Waals surface area contributed by atoms with E-state index in [1.165, 1.54) is 5.06 Å². The molecule has 0 N–H and O–H groups in total. The van der Waals surface area contributed by atoms with Crippen molar-refractivity contribution in [3.05, 3.63) is 11.3 Å². The molecule has 0 saturated carbocycles. The minimum atomic E-state index is -2.86. The van der Waals surface area contributed by atoms with E-state index in [4.69, 9.17) is 13.3 Å². The van der Waals surface area contributed by atoms with Crippen LogP contribution in [0.2, 0.25) is 0 Å². The van der Waals surface area contributed by atoms with Crippen molar-refractivity contribution < 1.29 is 18.5 Å². The van der Waals surface area contributed by atoms with Crippen LogP contribution in [0.1, 0.15) is 34.1 Å². The van der Waals surface area contributed by atoms with Gasteiger partial charge in [-0.1, -0.05) is 6.08 Å². The predicted octanol–water partition coefficient (Wildman–Crippen LogP) is 1.38. The zero-order valence-corrected chi connectivity index (χ0v) is 15.1. The number of hydrogen-bond donors (Lipinski definition) is 0. The van der Waals surface area contributed by atoms with Gasteiger partial charge in [0.25, 0.3) is 0 Å². The van der Waals surface area contributed by atoms with E-state index in [0.29, 0.717) is 26.2 Å². The first-order valence-electron chi connectivity index (χ1n) is 8.09. The van der Waals surface area contributed by atoms with Gasteiger partial charge in [0.05, 0.1) is 25.4 Å². The fourth-order valence-corrected chi connectivity index (χ4v) is 6.78. The summed E-state index contributed by atoms with van der Waals surface area (Å²) in [6, 6.07) is 0. The van der Waals surface area contributed by atoms with Gasteiger partial charge in [-0.15, -0.1) is 10.3 Å². The van der Waals surface area contributed by atoms with Crippen molar-refractivity contribution in [1.82, 2.24) is 9.96 Å². The number of hydroxylamine groups is 2. The first-order chi connectivity index (χ1) is 10.3. The van der Waals surface area contributed by atoms with Crippen LogP contribution < -0.4 is 0 Å². The molecule has 0 aromatic rings. The van der Waals surface area contributed by atoms with Gasteiger partial charge in [-0.2, -0.15) is 0 Å². The summed E-state index contributed by atoms with van der Waals surface area (Å²) in [5, 5.41) is 14.8. The summed E-state index contributed by atoms with van der Waals surface area (Å²) in [6.45, 7) is 12.5. The Labute approximate surface area is 134 Å². The molecule has 6 nitrogen and oxygen atoms in total. The van der Waals surface area contributed by atoms with Crippen LogP contribution in [0.25, 0.3) is 0 Å². The molecule has 1 radical (unpaired) electrons. The van der Waals surface area contributed by atoms with Crippen molar-refractivity contribution in [2.75, 3.05) is 39.5 Å². The molecule has 4 rings (SSSR count). The Morgan fingerprint density at radius 1 is 1.00 bits per heavy atom. The summed E-state index contributed by atoms with van der Waals surface area (Å²) in [7, 11) is -2.86. The van der Waals surface area contributed by atoms with Gasteiger partial charge in [-0.05, 0) is 39.3 Å². The van der Waals surface area contributed by atoms with Gasteiger partial charge >= 0.3 is 8.80 Å². The number of fused-ring (bicyclic) bond motifs is 6. The van der Waals surface area contributed by atoms with Gasteiger partial charge in [-0.25, -0.2) is 0 Å². The molecule has 22 heavy (non-hydrogen) atoms. The third-order valence-corrected chi connectivity index (χ3v) is 7.58. The monoisotopic (exact) mass is 327 g/mol. The Morgan fingerprint density at radius 3 is 1.95 bits per heavy atom. The SMILES string of the molecule is CC1(C)C=C([Si]23OCCN(CCO2)CCO3)CC(C)(C)N1[O]. The van der Waals surface area contributed by atoms with Gasteiger partial charge in [-0.3, -0.25) is 4.90 Å². The van der Waals surface area contributed by atoms with Crippen LogP contribution in [0.3, 0.4) is 0 Å². The van der Waals surface area contributed by atoms with Crippen LogP contribution in [0.15, 0.2) is 11.3 Å². The van der Waals surface area contributed by atoms with Gasteiger partial charge in [0, 0.05) is 25.2 Å². The molecule has 0 aromatic heterocycles. The molecule has 0 aliphatic carbocycles. The minimum absolute atomic E-state index is 0.484. The Morgan fingerprint density at radius 2 is 1.50 bits per heavy atom. The Balaban J connectivity index is 1.96. The van der Waals surface area contributed by atoms with Crippen LogP contribution >= 0.6 is 0 Å². The lowest BCUT2D eigenvalue weighted by Gasteiger charge is -2.48. The normalized spacial score (nSPS) is 38.8. The second-order valence-electron chi connectivity index (χ2n) is 7.55. The summed E-state index contributed by atoms with van der Waals surface area (Å²) in [5.74, 6) is 0. The quantitative estimate of drug-likeness (QED) is 0.681. The van der Waals surface area contributed by atoms with Crippen LogP contribution in [-0.4, -0.2) is 69.3 Å². The van der Waals surface area contributed by atoms with E-state index in [2.05, 4.69) is 4.90 Å². The highest BCUT2D eigenvalue weighted by atomic mass is 28.4. The summed E-state index contributed by atoms with van der Waals surface area (Å²) in [4.78, 5) is 2.31. The summed E-state index contributed by atoms with van der Waals surface area (Å²) in [6.07, 6.45) is 2.66. The van der Waals surface area contributed by atoms with E-state index in [9.17, 15) is 5.21 Å². The lowest BCUT2D eigenvalue weighted by Crippen LogP contribution is -2.62. The first kappa shape index (κ1) is 16.6. The largest absolute Gasteiger partial charge is 0.532 e. The molecule has 0 amide bonds. The zero-order chi connectivity index (χ0) is 16.0. The van der Waals surface area contributed by atoms with Crippen molar-refractivity contribution in [1.29, 1.82) is 0 Å². The Hall–Kier alpha value is -0.283. The second-order valence-corrected chi connectivity index (χ2v) is 10.2. The molecule has 0 unspecified atom stereocenters. The van der Waals surface area contributed by atoms with Crippen molar-refractivity contribution in [3.63, 3.8) is 0 Å². The zero-order valence-electron chi connectivity index (χ0n) is 14.1. The highest BCUT2D eigenvalue weighted by Gasteiger charge is 2.54. The first-order valence-corrected chi connectivity index (χ1v) is 9.82. The molecule has 4 aliphatic heterocycles. The summed E-state index contributed by atoms with van der Waals surface area (Å²) in [5.41, 5.74) is -1.06. The van der Waals surface area contributed by atoms with Gasteiger partial charge in [0.15, 0.2) is 0 Å². The van der Waals surface area contributed by atoms with Crippen LogP contribution in [0.4, 0.5) is 0 Å². The maximum Gasteiger partial charge on any atom is 0.532 e. The molecule has 0 spiro atoms. The van der Waals surface area contributed by atoms with Crippen LogP contribution in [-0.2, 0) is 18.5 Å². The second kappa shape index (κ2) is 5.66. The van der Waals surface area contributed by atoms with Gasteiger partial charge in [0.1, 0.15) is 0 Å². The number of nitrogens with zero attached hydrogens (tertiary/aromatic N) is 2. The van der Waals surface area contributed by atoms with E-state index in [-0.39, 0.29) is 0 Å². The van der Waals surface area contributed by atoms with Crippen molar-refractivity contribution in [2.24, 2.45) is 0 Å². The van der Waals surface area contributed by atoms with E-state index in [1.807, 2.05) is 33.8 Å². The smallest absolute Gasteiger partial charge is 0.369 e. The molecule has 3 fully saturated rings. The van der Waals surface area contributed by atoms with E-state index in [1.54, 1.807) is 0 Å². The highest BCUT2D eigenvalue weighted by Crippen LogP contribution is 2.40. The Bertz CT molecular complexity index is 440. The standard InChI is InChI=1S/C15H27N2O4Si/c1-14(2)11-13(12-15(3,4)17(14)18)22-19-8-5-16(6-9-20-22)7-10-21-22/h11H,5-10,12H2,1-4H3. The average molecular weight is 327 g/mol. The molecule has 2 bridgehead atoms. The number of rotatable bonds is 1. The molecule has 4 aliphatic rings. The molecular formula is C15H27N2O4Si. The van der Waals surface area contributed by atoms with Crippen molar-refractivity contribution in [2.45, 2.75) is 45.2 Å². The summed E-state index contributed by atoms with van der Waals surface area (Å²) < 4.78 is 18.5. The minimum Gasteiger partial charge on any atom is -0.369 e. The average Bonchev–Trinajstić information content (AvgIpc) is 2.33. The lowest BCUT2D eigenvalue weighted by atomic mass is 9.87. The predicted molar refractivity (Wildman–Crippen MR) is 83.4 cm³/mol. The fourth-order valence-electron chi connectivity index (χ4n) is 3.72. The topological polar surface area (TPSA) is 54.1 Å². The van der Waals surface area contributed by atoms with E-state index < -0.39 is 19.9 Å². The molecule has 7 heteroatoms. The summed E-state index contributed by atoms with van der Waals surface area (Å²) >= 11 is 0.